The van der Waals surface area contributed by atoms with E-state index in [1.54, 1.807) is 0 Å². The Morgan fingerprint density at radius 2 is 1.72 bits per heavy atom. The highest BCUT2D eigenvalue weighted by Crippen LogP contribution is 2.23. The molecule has 2 aromatic carbocycles. The number of hydrogen-bond donors (Lipinski definition) is 3. The largest absolute Gasteiger partial charge is 0.337 e. The van der Waals surface area contributed by atoms with Crippen LogP contribution >= 0.6 is 11.6 Å². The van der Waals surface area contributed by atoms with Gasteiger partial charge in [-0.3, -0.25) is 4.79 Å². The summed E-state index contributed by atoms with van der Waals surface area (Å²) in [6.07, 6.45) is 2.12. The molecule has 5 N–H and O–H groups in total. The molecule has 0 spiro atoms. The molecule has 0 aliphatic carbocycles. The Labute approximate surface area is 179 Å². The molecule has 1 aliphatic heterocycles. The zero-order chi connectivity index (χ0) is 21.2. The van der Waals surface area contributed by atoms with Crippen LogP contribution in [0.4, 0.5) is 5.69 Å². The minimum Gasteiger partial charge on any atom is -0.337 e. The number of carbonyl (C=O) groups is 1. The monoisotopic (exact) mass is 415 g/mol. The molecule has 4 nitrogen and oxygen atoms in total. The van der Waals surface area contributed by atoms with Crippen molar-refractivity contribution >= 4 is 23.2 Å². The van der Waals surface area contributed by atoms with Gasteiger partial charge in [-0.2, -0.15) is 0 Å². The van der Waals surface area contributed by atoms with Gasteiger partial charge >= 0.3 is 0 Å². The average molecular weight is 416 g/mol. The minimum absolute atomic E-state index is 0.0127. The van der Waals surface area contributed by atoms with Crippen molar-refractivity contribution in [3.05, 3.63) is 64.7 Å². The highest BCUT2D eigenvalue weighted by molar-refractivity contribution is 6.31. The van der Waals surface area contributed by atoms with Gasteiger partial charge in [-0.1, -0.05) is 48.0 Å². The fourth-order valence-corrected chi connectivity index (χ4v) is 5.09. The van der Waals surface area contributed by atoms with Gasteiger partial charge in [-0.25, -0.2) is 0 Å². The summed E-state index contributed by atoms with van der Waals surface area (Å²) >= 11 is 6.25. The molecule has 156 valence electrons. The summed E-state index contributed by atoms with van der Waals surface area (Å²) in [5.74, 6) is -0.0127. The first-order chi connectivity index (χ1) is 13.5. The summed E-state index contributed by atoms with van der Waals surface area (Å²) in [6.45, 7) is 11.1. The maximum Gasteiger partial charge on any atom is 0.287 e. The zero-order valence-electron chi connectivity index (χ0n) is 18.1. The Hall–Kier alpha value is -1.88. The molecule has 0 saturated carbocycles. The van der Waals surface area contributed by atoms with E-state index in [4.69, 9.17) is 11.6 Å². The van der Waals surface area contributed by atoms with Crippen molar-refractivity contribution in [2.24, 2.45) is 0 Å². The number of halogens is 1. The molecule has 1 aliphatic rings. The number of piperidine rings is 1. The Morgan fingerprint density at radius 1 is 1.10 bits per heavy atom. The van der Waals surface area contributed by atoms with E-state index in [9.17, 15) is 4.79 Å². The topological polar surface area (TPSA) is 62.3 Å². The summed E-state index contributed by atoms with van der Waals surface area (Å²) < 4.78 is 0. The van der Waals surface area contributed by atoms with Crippen molar-refractivity contribution in [1.29, 1.82) is 0 Å². The average Bonchev–Trinajstić information content (AvgIpc) is 2.61. The van der Waals surface area contributed by atoms with E-state index < -0.39 is 0 Å². The number of rotatable bonds is 5. The van der Waals surface area contributed by atoms with Gasteiger partial charge in [0.25, 0.3) is 5.91 Å². The van der Waals surface area contributed by atoms with E-state index in [-0.39, 0.29) is 23.0 Å². The first-order valence-electron chi connectivity index (χ1n) is 10.4. The lowest BCUT2D eigenvalue weighted by Gasteiger charge is -2.42. The van der Waals surface area contributed by atoms with E-state index >= 15 is 0 Å². The van der Waals surface area contributed by atoms with Gasteiger partial charge in [0.1, 0.15) is 0 Å². The van der Waals surface area contributed by atoms with E-state index in [2.05, 4.69) is 43.6 Å². The predicted octanol–water partition coefficient (Wildman–Crippen LogP) is 3.17. The van der Waals surface area contributed by atoms with Gasteiger partial charge in [0, 0.05) is 16.3 Å². The molecule has 0 bridgehead atoms. The van der Waals surface area contributed by atoms with Crippen molar-refractivity contribution in [3.8, 4) is 0 Å². The minimum atomic E-state index is -0.300. The Balaban J connectivity index is 1.83. The van der Waals surface area contributed by atoms with Crippen LogP contribution in [-0.2, 0) is 4.79 Å². The zero-order valence-corrected chi connectivity index (χ0v) is 18.9. The Kier molecular flexibility index (Phi) is 6.37. The van der Waals surface area contributed by atoms with Crippen LogP contribution in [0.15, 0.2) is 48.5 Å². The van der Waals surface area contributed by atoms with Gasteiger partial charge in [-0.05, 0) is 52.3 Å². The van der Waals surface area contributed by atoms with Crippen molar-refractivity contribution in [1.82, 2.24) is 0 Å². The third kappa shape index (κ3) is 5.81. The number of anilines is 1. The lowest BCUT2D eigenvalue weighted by molar-refractivity contribution is -0.818. The van der Waals surface area contributed by atoms with E-state index in [0.717, 1.165) is 29.7 Å². The summed E-state index contributed by atoms with van der Waals surface area (Å²) in [5, 5.41) is 8.47. The summed E-state index contributed by atoms with van der Waals surface area (Å²) in [7, 11) is 0. The Bertz CT molecular complexity index is 848. The second-order valence-corrected chi connectivity index (χ2v) is 10.2. The van der Waals surface area contributed by atoms with E-state index in [1.165, 1.54) is 0 Å². The Morgan fingerprint density at radius 3 is 2.31 bits per heavy atom. The normalized spacial score (nSPS) is 19.5. The van der Waals surface area contributed by atoms with E-state index in [1.807, 2.05) is 55.5 Å². The fraction of sp³-hybridized carbons (Fsp3) is 0.458. The molecule has 1 amide bonds. The van der Waals surface area contributed by atoms with Gasteiger partial charge < -0.3 is 16.0 Å². The lowest BCUT2D eigenvalue weighted by atomic mass is 9.79. The SMILES string of the molecule is Cc1ccc(NC(=O)[C@@H]([NH2+]C2CC(C)(C)[NH2+]C(C)(C)C2)c2ccccc2)cc1Cl. The number of carbonyl (C=O) groups excluding carboxylic acids is 1. The van der Waals surface area contributed by atoms with Crippen molar-refractivity contribution < 1.29 is 15.4 Å². The molecule has 1 fully saturated rings. The molecule has 5 heteroatoms. The van der Waals surface area contributed by atoms with Gasteiger partial charge in [0.15, 0.2) is 6.04 Å². The number of hydrogen-bond acceptors (Lipinski definition) is 1. The number of amides is 1. The highest BCUT2D eigenvalue weighted by atomic mass is 35.5. The third-order valence-electron chi connectivity index (χ3n) is 5.70. The molecule has 1 atom stereocenters. The van der Waals surface area contributed by atoms with Crippen molar-refractivity contribution in [2.45, 2.75) is 70.6 Å². The molecule has 3 rings (SSSR count). The molecule has 29 heavy (non-hydrogen) atoms. The van der Waals surface area contributed by atoms with Gasteiger partial charge in [-0.15, -0.1) is 0 Å². The van der Waals surface area contributed by atoms with Crippen LogP contribution < -0.4 is 16.0 Å². The lowest BCUT2D eigenvalue weighted by Crippen LogP contribution is -3.09. The summed E-state index contributed by atoms with van der Waals surface area (Å²) in [4.78, 5) is 13.3. The molecular formula is C24H34ClN3O+2. The first kappa shape index (κ1) is 21.8. The van der Waals surface area contributed by atoms with Crippen molar-refractivity contribution in [3.63, 3.8) is 0 Å². The van der Waals surface area contributed by atoms with Crippen LogP contribution in [0.3, 0.4) is 0 Å². The summed E-state index contributed by atoms with van der Waals surface area (Å²) in [5.41, 5.74) is 3.07. The quantitative estimate of drug-likeness (QED) is 0.690. The van der Waals surface area contributed by atoms with Crippen LogP contribution in [-0.4, -0.2) is 23.0 Å². The van der Waals surface area contributed by atoms with Crippen LogP contribution in [0.25, 0.3) is 0 Å². The highest BCUT2D eigenvalue weighted by Gasteiger charge is 2.45. The predicted molar refractivity (Wildman–Crippen MR) is 119 cm³/mol. The molecule has 2 aromatic rings. The van der Waals surface area contributed by atoms with Crippen LogP contribution in [0.5, 0.6) is 0 Å². The first-order valence-corrected chi connectivity index (χ1v) is 10.8. The standard InChI is InChI=1S/C24H32ClN3O/c1-16-11-12-18(13-20(16)25)27-22(29)21(17-9-7-6-8-10-17)26-19-14-23(2,3)28-24(4,5)15-19/h6-13,19,21,26,28H,14-15H2,1-5H3,(H,27,29)/p+2/t21-/m0/s1. The summed E-state index contributed by atoms with van der Waals surface area (Å²) in [6, 6.07) is 15.8. The number of nitrogens with one attached hydrogen (secondary N) is 1. The van der Waals surface area contributed by atoms with Gasteiger partial charge in [0.2, 0.25) is 0 Å². The molecule has 1 heterocycles. The second kappa shape index (κ2) is 8.47. The number of benzene rings is 2. The maximum atomic E-state index is 13.3. The molecule has 1 saturated heterocycles. The molecule has 0 aromatic heterocycles. The van der Waals surface area contributed by atoms with Gasteiger partial charge in [0.05, 0.1) is 30.0 Å². The number of quaternary nitrogens is 2. The van der Waals surface area contributed by atoms with Crippen molar-refractivity contribution in [2.75, 3.05) is 5.32 Å². The number of aryl methyl sites for hydroxylation is 1. The number of nitrogens with two attached hydrogens (primary N) is 2. The fourth-order valence-electron chi connectivity index (χ4n) is 4.91. The van der Waals surface area contributed by atoms with Crippen LogP contribution in [0.1, 0.15) is 57.7 Å². The molecular weight excluding hydrogens is 382 g/mol. The van der Waals surface area contributed by atoms with E-state index in [0.29, 0.717) is 11.1 Å². The van der Waals surface area contributed by atoms with Crippen LogP contribution in [0.2, 0.25) is 5.02 Å². The van der Waals surface area contributed by atoms with Crippen LogP contribution in [0, 0.1) is 6.92 Å². The second-order valence-electron chi connectivity index (χ2n) is 9.82. The smallest absolute Gasteiger partial charge is 0.287 e. The maximum absolute atomic E-state index is 13.3. The third-order valence-corrected chi connectivity index (χ3v) is 6.11. The molecule has 0 radical (unpaired) electrons. The molecule has 0 unspecified atom stereocenters.